The summed E-state index contributed by atoms with van der Waals surface area (Å²) in [5.74, 6) is 0. The van der Waals surface area contributed by atoms with Gasteiger partial charge in [0.15, 0.2) is 0 Å². The molecule has 13 heavy (non-hydrogen) atoms. The molecule has 2 aromatic rings. The maximum atomic E-state index is 8.39. The Morgan fingerprint density at radius 2 is 2.38 bits per heavy atom. The Bertz CT molecular complexity index is 459. The predicted molar refractivity (Wildman–Crippen MR) is 49.3 cm³/mol. The lowest BCUT2D eigenvalue weighted by Gasteiger charge is -1.97. The van der Waals surface area contributed by atoms with Crippen molar-refractivity contribution in [2.24, 2.45) is 5.16 Å². The second-order valence-electron chi connectivity index (χ2n) is 2.80. The Hall–Kier alpha value is -1.84. The predicted octanol–water partition coefficient (Wildman–Crippen LogP) is 1.45. The van der Waals surface area contributed by atoms with Crippen LogP contribution in [-0.4, -0.2) is 20.8 Å². The average molecular weight is 175 g/mol. The van der Waals surface area contributed by atoms with Crippen LogP contribution in [0.4, 0.5) is 0 Å². The third-order valence-corrected chi connectivity index (χ3v) is 1.99. The van der Waals surface area contributed by atoms with Gasteiger partial charge in [-0.25, -0.2) is 4.98 Å². The standard InChI is InChI=1S/C9H9N3O/c1-7-3-2-4-9-8(5-11-13)10-6-12(7)9/h2-6,13H,1H3/b11-5+. The first-order valence-corrected chi connectivity index (χ1v) is 3.93. The van der Waals surface area contributed by atoms with Crippen molar-refractivity contribution in [3.05, 3.63) is 35.9 Å². The van der Waals surface area contributed by atoms with Gasteiger partial charge in [0.2, 0.25) is 0 Å². The highest BCUT2D eigenvalue weighted by molar-refractivity contribution is 5.86. The maximum absolute atomic E-state index is 8.39. The molecule has 0 aliphatic heterocycles. The van der Waals surface area contributed by atoms with E-state index in [1.165, 1.54) is 6.21 Å². The zero-order valence-electron chi connectivity index (χ0n) is 7.18. The number of pyridine rings is 1. The van der Waals surface area contributed by atoms with Gasteiger partial charge in [0.1, 0.15) is 12.0 Å². The zero-order valence-corrected chi connectivity index (χ0v) is 7.18. The number of imidazole rings is 1. The van der Waals surface area contributed by atoms with Crippen molar-refractivity contribution < 1.29 is 5.21 Å². The SMILES string of the molecule is Cc1cccc2c(/C=N/O)ncn12. The number of nitrogens with zero attached hydrogens (tertiary/aromatic N) is 3. The third kappa shape index (κ3) is 1.16. The van der Waals surface area contributed by atoms with Crippen LogP contribution < -0.4 is 0 Å². The van der Waals surface area contributed by atoms with E-state index in [-0.39, 0.29) is 0 Å². The molecule has 0 unspecified atom stereocenters. The van der Waals surface area contributed by atoms with E-state index in [0.717, 1.165) is 11.2 Å². The van der Waals surface area contributed by atoms with Crippen molar-refractivity contribution in [3.8, 4) is 0 Å². The Morgan fingerprint density at radius 1 is 1.54 bits per heavy atom. The highest BCUT2D eigenvalue weighted by atomic mass is 16.4. The van der Waals surface area contributed by atoms with Crippen molar-refractivity contribution in [1.29, 1.82) is 0 Å². The molecule has 0 aromatic carbocycles. The summed E-state index contributed by atoms with van der Waals surface area (Å²) in [6.45, 7) is 1.99. The molecule has 0 saturated carbocycles. The van der Waals surface area contributed by atoms with E-state index in [9.17, 15) is 0 Å². The van der Waals surface area contributed by atoms with Gasteiger partial charge in [0.25, 0.3) is 0 Å². The molecule has 1 N–H and O–H groups in total. The van der Waals surface area contributed by atoms with E-state index in [1.54, 1.807) is 6.33 Å². The van der Waals surface area contributed by atoms with Gasteiger partial charge in [-0.15, -0.1) is 0 Å². The summed E-state index contributed by atoms with van der Waals surface area (Å²) in [5.41, 5.74) is 2.71. The summed E-state index contributed by atoms with van der Waals surface area (Å²) in [4.78, 5) is 4.10. The van der Waals surface area contributed by atoms with Gasteiger partial charge in [0.05, 0.1) is 11.7 Å². The molecule has 0 atom stereocenters. The first-order valence-electron chi connectivity index (χ1n) is 3.93. The first-order chi connectivity index (χ1) is 6.33. The highest BCUT2D eigenvalue weighted by Gasteiger charge is 2.01. The van der Waals surface area contributed by atoms with Crippen LogP contribution >= 0.6 is 0 Å². The Labute approximate surface area is 75.1 Å². The fraction of sp³-hybridized carbons (Fsp3) is 0.111. The van der Waals surface area contributed by atoms with Crippen molar-refractivity contribution in [1.82, 2.24) is 9.38 Å². The Kier molecular flexibility index (Phi) is 1.73. The van der Waals surface area contributed by atoms with Crippen LogP contribution in [0.15, 0.2) is 29.7 Å². The normalized spacial score (nSPS) is 11.5. The number of oxime groups is 1. The summed E-state index contributed by atoms with van der Waals surface area (Å²) < 4.78 is 1.94. The van der Waals surface area contributed by atoms with E-state index in [4.69, 9.17) is 5.21 Å². The summed E-state index contributed by atoms with van der Waals surface area (Å²) in [5, 5.41) is 11.3. The molecule has 0 bridgehead atoms. The van der Waals surface area contributed by atoms with Gasteiger partial charge in [-0.1, -0.05) is 11.2 Å². The Balaban J connectivity index is 2.75. The number of aromatic nitrogens is 2. The van der Waals surface area contributed by atoms with E-state index < -0.39 is 0 Å². The van der Waals surface area contributed by atoms with Crippen LogP contribution in [0.1, 0.15) is 11.4 Å². The molecule has 0 aliphatic rings. The summed E-state index contributed by atoms with van der Waals surface area (Å²) in [6, 6.07) is 5.87. The molecular formula is C9H9N3O. The fourth-order valence-corrected chi connectivity index (χ4v) is 1.33. The van der Waals surface area contributed by atoms with Crippen LogP contribution in [0.25, 0.3) is 5.52 Å². The molecule has 2 aromatic heterocycles. The van der Waals surface area contributed by atoms with Crippen molar-refractivity contribution in [2.45, 2.75) is 6.92 Å². The number of aryl methyl sites for hydroxylation is 1. The summed E-state index contributed by atoms with van der Waals surface area (Å²) in [6.07, 6.45) is 3.04. The molecule has 4 nitrogen and oxygen atoms in total. The van der Waals surface area contributed by atoms with Gasteiger partial charge < -0.3 is 9.61 Å². The molecule has 2 rings (SSSR count). The van der Waals surface area contributed by atoms with Crippen LogP contribution in [-0.2, 0) is 0 Å². The van der Waals surface area contributed by atoms with Gasteiger partial charge >= 0.3 is 0 Å². The summed E-state index contributed by atoms with van der Waals surface area (Å²) >= 11 is 0. The summed E-state index contributed by atoms with van der Waals surface area (Å²) in [7, 11) is 0. The lowest BCUT2D eigenvalue weighted by Crippen LogP contribution is -1.88. The minimum Gasteiger partial charge on any atom is -0.411 e. The third-order valence-electron chi connectivity index (χ3n) is 1.99. The molecule has 0 amide bonds. The van der Waals surface area contributed by atoms with Crippen LogP contribution in [0.5, 0.6) is 0 Å². The zero-order chi connectivity index (χ0) is 9.26. The highest BCUT2D eigenvalue weighted by Crippen LogP contribution is 2.09. The molecule has 4 heteroatoms. The minimum absolute atomic E-state index is 0.672. The Morgan fingerprint density at radius 3 is 3.15 bits per heavy atom. The quantitative estimate of drug-likeness (QED) is 0.405. The second-order valence-corrected chi connectivity index (χ2v) is 2.80. The van der Waals surface area contributed by atoms with E-state index in [0.29, 0.717) is 5.69 Å². The van der Waals surface area contributed by atoms with Crippen LogP contribution in [0.2, 0.25) is 0 Å². The maximum Gasteiger partial charge on any atom is 0.110 e. The van der Waals surface area contributed by atoms with E-state index >= 15 is 0 Å². The largest absolute Gasteiger partial charge is 0.411 e. The molecule has 2 heterocycles. The van der Waals surface area contributed by atoms with Crippen molar-refractivity contribution >= 4 is 11.7 Å². The van der Waals surface area contributed by atoms with Gasteiger partial charge in [-0.05, 0) is 19.1 Å². The minimum atomic E-state index is 0.672. The number of hydrogen-bond acceptors (Lipinski definition) is 3. The van der Waals surface area contributed by atoms with Gasteiger partial charge in [-0.2, -0.15) is 0 Å². The van der Waals surface area contributed by atoms with Gasteiger partial charge in [0, 0.05) is 5.69 Å². The first kappa shape index (κ1) is 7.79. The molecular weight excluding hydrogens is 166 g/mol. The van der Waals surface area contributed by atoms with E-state index in [1.807, 2.05) is 29.5 Å². The van der Waals surface area contributed by atoms with Crippen LogP contribution in [0.3, 0.4) is 0 Å². The monoisotopic (exact) mass is 175 g/mol. The van der Waals surface area contributed by atoms with Gasteiger partial charge in [-0.3, -0.25) is 0 Å². The van der Waals surface area contributed by atoms with Crippen molar-refractivity contribution in [2.75, 3.05) is 0 Å². The lowest BCUT2D eigenvalue weighted by molar-refractivity contribution is 0.322. The molecule has 0 fully saturated rings. The smallest absolute Gasteiger partial charge is 0.110 e. The number of rotatable bonds is 1. The molecule has 0 aliphatic carbocycles. The molecule has 0 saturated heterocycles. The molecule has 0 spiro atoms. The second kappa shape index (κ2) is 2.90. The van der Waals surface area contributed by atoms with E-state index in [2.05, 4.69) is 10.1 Å². The number of fused-ring (bicyclic) bond motifs is 1. The molecule has 66 valence electrons. The number of hydrogen-bond donors (Lipinski definition) is 1. The topological polar surface area (TPSA) is 49.9 Å². The fourth-order valence-electron chi connectivity index (χ4n) is 1.33. The average Bonchev–Trinajstić information content (AvgIpc) is 2.51. The van der Waals surface area contributed by atoms with Crippen LogP contribution in [0, 0.1) is 6.92 Å². The molecule has 0 radical (unpaired) electrons. The lowest BCUT2D eigenvalue weighted by atomic mass is 10.3. The van der Waals surface area contributed by atoms with Crippen molar-refractivity contribution in [3.63, 3.8) is 0 Å².